The first-order chi connectivity index (χ1) is 12.4. The van der Waals surface area contributed by atoms with Gasteiger partial charge < -0.3 is 9.47 Å². The van der Waals surface area contributed by atoms with Crippen LogP contribution in [0.4, 0.5) is 8.78 Å². The fourth-order valence-corrected chi connectivity index (χ4v) is 2.56. The number of fused-ring (bicyclic) bond motifs is 3. The Balaban J connectivity index is 2.19. The summed E-state index contributed by atoms with van der Waals surface area (Å²) >= 11 is 0. The van der Waals surface area contributed by atoms with Gasteiger partial charge in [0.15, 0.2) is 11.6 Å². The van der Waals surface area contributed by atoms with Crippen molar-refractivity contribution in [1.29, 1.82) is 0 Å². The second kappa shape index (κ2) is 6.76. The number of carbonyl (C=O) groups is 2. The molecule has 3 aromatic rings. The van der Waals surface area contributed by atoms with Crippen LogP contribution in [-0.2, 0) is 9.59 Å². The Morgan fingerprint density at radius 3 is 1.46 bits per heavy atom. The Bertz CT molecular complexity index is 1000. The van der Waals surface area contributed by atoms with Crippen LogP contribution in [0, 0.1) is 11.6 Å². The molecule has 26 heavy (non-hydrogen) atoms. The van der Waals surface area contributed by atoms with Crippen LogP contribution in [0.15, 0.2) is 61.7 Å². The van der Waals surface area contributed by atoms with Gasteiger partial charge in [-0.3, -0.25) is 0 Å². The molecule has 0 aliphatic carbocycles. The molecule has 0 unspecified atom stereocenters. The fourth-order valence-electron chi connectivity index (χ4n) is 2.56. The topological polar surface area (TPSA) is 52.6 Å². The van der Waals surface area contributed by atoms with Gasteiger partial charge in [-0.25, -0.2) is 18.4 Å². The van der Waals surface area contributed by atoms with Crippen molar-refractivity contribution in [2.75, 3.05) is 0 Å². The minimum Gasteiger partial charge on any atom is -0.423 e. The van der Waals surface area contributed by atoms with E-state index >= 15 is 0 Å². The molecular formula is C20H12F2O4. The van der Waals surface area contributed by atoms with Gasteiger partial charge >= 0.3 is 11.9 Å². The maximum atomic E-state index is 14.5. The van der Waals surface area contributed by atoms with Crippen LogP contribution in [0.2, 0.25) is 0 Å². The van der Waals surface area contributed by atoms with E-state index in [1.807, 2.05) is 0 Å². The molecular weight excluding hydrogens is 342 g/mol. The average molecular weight is 354 g/mol. The van der Waals surface area contributed by atoms with Gasteiger partial charge in [-0.05, 0) is 47.2 Å². The van der Waals surface area contributed by atoms with Gasteiger partial charge in [-0.15, -0.1) is 0 Å². The molecule has 0 fully saturated rings. The molecule has 0 N–H and O–H groups in total. The predicted molar refractivity (Wildman–Crippen MR) is 93.0 cm³/mol. The highest BCUT2D eigenvalue weighted by Crippen LogP contribution is 2.35. The van der Waals surface area contributed by atoms with Crippen LogP contribution >= 0.6 is 0 Å². The third-order valence-corrected chi connectivity index (χ3v) is 3.71. The maximum absolute atomic E-state index is 14.5. The largest absolute Gasteiger partial charge is 0.423 e. The van der Waals surface area contributed by atoms with E-state index in [0.29, 0.717) is 10.8 Å². The van der Waals surface area contributed by atoms with Gasteiger partial charge in [-0.2, -0.15) is 0 Å². The number of benzene rings is 3. The zero-order chi connectivity index (χ0) is 18.8. The molecule has 130 valence electrons. The van der Waals surface area contributed by atoms with Crippen molar-refractivity contribution >= 4 is 33.5 Å². The number of hydrogen-bond donors (Lipinski definition) is 0. The van der Waals surface area contributed by atoms with Crippen molar-refractivity contribution in [3.8, 4) is 11.5 Å². The summed E-state index contributed by atoms with van der Waals surface area (Å²) in [5, 5.41) is 0.748. The van der Waals surface area contributed by atoms with Crippen molar-refractivity contribution in [1.82, 2.24) is 0 Å². The average Bonchev–Trinajstić information content (AvgIpc) is 2.65. The monoisotopic (exact) mass is 354 g/mol. The third kappa shape index (κ3) is 3.04. The quantitative estimate of drug-likeness (QED) is 0.301. The lowest BCUT2D eigenvalue weighted by Gasteiger charge is -2.10. The molecule has 0 aliphatic heterocycles. The summed E-state index contributed by atoms with van der Waals surface area (Å²) in [4.78, 5) is 22.6. The summed E-state index contributed by atoms with van der Waals surface area (Å²) < 4.78 is 38.9. The van der Waals surface area contributed by atoms with Gasteiger partial charge in [0, 0.05) is 22.9 Å². The molecule has 3 aromatic carbocycles. The van der Waals surface area contributed by atoms with Crippen molar-refractivity contribution in [3.63, 3.8) is 0 Å². The van der Waals surface area contributed by atoms with E-state index in [9.17, 15) is 18.4 Å². The van der Waals surface area contributed by atoms with Crippen LogP contribution in [0.3, 0.4) is 0 Å². The second-order valence-corrected chi connectivity index (χ2v) is 5.29. The number of ether oxygens (including phenoxy) is 2. The van der Waals surface area contributed by atoms with E-state index < -0.39 is 23.6 Å². The number of hydrogen-bond acceptors (Lipinski definition) is 4. The molecule has 6 heteroatoms. The molecule has 0 saturated carbocycles. The molecule has 0 heterocycles. The van der Waals surface area contributed by atoms with Crippen molar-refractivity contribution in [2.45, 2.75) is 0 Å². The summed E-state index contributed by atoms with van der Waals surface area (Å²) in [6.45, 7) is 6.55. The first kappa shape index (κ1) is 17.3. The first-order valence-electron chi connectivity index (χ1n) is 7.47. The highest BCUT2D eigenvalue weighted by atomic mass is 19.2. The zero-order valence-corrected chi connectivity index (χ0v) is 13.4. The molecule has 4 nitrogen and oxygen atoms in total. The van der Waals surface area contributed by atoms with Crippen molar-refractivity contribution in [2.24, 2.45) is 0 Å². The Morgan fingerprint density at radius 1 is 0.731 bits per heavy atom. The van der Waals surface area contributed by atoms with Gasteiger partial charge in [-0.1, -0.05) is 13.2 Å². The number of esters is 2. The van der Waals surface area contributed by atoms with E-state index in [4.69, 9.17) is 9.47 Å². The Hall–Kier alpha value is -3.54. The van der Waals surface area contributed by atoms with Gasteiger partial charge in [0.2, 0.25) is 0 Å². The minimum atomic E-state index is -1.10. The van der Waals surface area contributed by atoms with Crippen LogP contribution in [0.25, 0.3) is 21.5 Å². The SMILES string of the molecule is C=CC(=O)Oc1ccc2c(c1)c(F)c(F)c1cc(OC(=O)C=C)ccc12. The van der Waals surface area contributed by atoms with Crippen molar-refractivity contribution in [3.05, 3.63) is 73.3 Å². The smallest absolute Gasteiger partial charge is 0.335 e. The normalized spacial score (nSPS) is 10.5. The molecule has 0 radical (unpaired) electrons. The van der Waals surface area contributed by atoms with Gasteiger partial charge in [0.25, 0.3) is 0 Å². The zero-order valence-electron chi connectivity index (χ0n) is 13.4. The highest BCUT2D eigenvalue weighted by Gasteiger charge is 2.16. The Kier molecular flexibility index (Phi) is 4.49. The lowest BCUT2D eigenvalue weighted by Crippen LogP contribution is -2.04. The predicted octanol–water partition coefficient (Wildman–Crippen LogP) is 4.45. The summed E-state index contributed by atoms with van der Waals surface area (Å²) in [5.41, 5.74) is 0. The van der Waals surface area contributed by atoms with Crippen LogP contribution in [0.5, 0.6) is 11.5 Å². The Morgan fingerprint density at radius 2 is 1.12 bits per heavy atom. The lowest BCUT2D eigenvalue weighted by molar-refractivity contribution is -0.129. The van der Waals surface area contributed by atoms with E-state index in [1.165, 1.54) is 36.4 Å². The minimum absolute atomic E-state index is 0.0415. The lowest BCUT2D eigenvalue weighted by atomic mass is 10.0. The van der Waals surface area contributed by atoms with Crippen LogP contribution in [-0.4, -0.2) is 11.9 Å². The summed E-state index contributed by atoms with van der Waals surface area (Å²) in [5.74, 6) is -3.49. The van der Waals surface area contributed by atoms with Crippen molar-refractivity contribution < 1.29 is 27.8 Å². The molecule has 0 saturated heterocycles. The van der Waals surface area contributed by atoms with Gasteiger partial charge in [0.1, 0.15) is 11.5 Å². The molecule has 0 aromatic heterocycles. The molecule has 3 rings (SSSR count). The first-order valence-corrected chi connectivity index (χ1v) is 7.47. The number of rotatable bonds is 4. The van der Waals surface area contributed by atoms with E-state index in [0.717, 1.165) is 12.2 Å². The van der Waals surface area contributed by atoms with E-state index in [2.05, 4.69) is 13.2 Å². The summed E-state index contributed by atoms with van der Waals surface area (Å²) in [6.07, 6.45) is 1.93. The molecule has 0 atom stereocenters. The number of halogens is 2. The van der Waals surface area contributed by atoms with Crippen LogP contribution < -0.4 is 9.47 Å². The Labute approximate surface area is 146 Å². The van der Waals surface area contributed by atoms with E-state index in [1.54, 1.807) is 0 Å². The standard InChI is InChI=1S/C20H12F2O4/c1-3-17(23)25-11-5-7-13-14-8-6-12(26-18(24)4-2)10-16(14)20(22)19(21)15(13)9-11/h3-10H,1-2H2. The highest BCUT2D eigenvalue weighted by molar-refractivity contribution is 6.09. The molecule has 0 spiro atoms. The maximum Gasteiger partial charge on any atom is 0.335 e. The number of carbonyl (C=O) groups excluding carboxylic acids is 2. The molecule has 0 amide bonds. The second-order valence-electron chi connectivity index (χ2n) is 5.29. The van der Waals surface area contributed by atoms with E-state index in [-0.39, 0.29) is 22.3 Å². The summed E-state index contributed by atoms with van der Waals surface area (Å²) in [6, 6.07) is 8.43. The summed E-state index contributed by atoms with van der Waals surface area (Å²) in [7, 11) is 0. The van der Waals surface area contributed by atoms with Gasteiger partial charge in [0.05, 0.1) is 0 Å². The van der Waals surface area contributed by atoms with Crippen LogP contribution in [0.1, 0.15) is 0 Å². The molecule has 0 aliphatic rings. The molecule has 0 bridgehead atoms. The fraction of sp³-hybridized carbons (Fsp3) is 0. The third-order valence-electron chi connectivity index (χ3n) is 3.71.